The summed E-state index contributed by atoms with van der Waals surface area (Å²) in [5, 5.41) is 2.94. The number of pyridine rings is 1. The molecule has 1 aliphatic heterocycles. The second-order valence-electron chi connectivity index (χ2n) is 7.38. The number of benzene rings is 1. The number of carbonyl (C=O) groups is 1. The molecule has 0 spiro atoms. The minimum absolute atomic E-state index is 0.132. The molecule has 5 nitrogen and oxygen atoms in total. The van der Waals surface area contributed by atoms with Crippen LogP contribution in [-0.4, -0.2) is 48.0 Å². The molecule has 1 amide bonds. The zero-order chi connectivity index (χ0) is 21.9. The van der Waals surface area contributed by atoms with E-state index in [1.54, 1.807) is 12.1 Å². The van der Waals surface area contributed by atoms with E-state index in [1.165, 1.54) is 18.2 Å². The monoisotopic (exact) mass is 424 g/mol. The summed E-state index contributed by atoms with van der Waals surface area (Å²) in [6, 6.07) is 7.78. The van der Waals surface area contributed by atoms with Gasteiger partial charge in [0.2, 0.25) is 5.91 Å². The number of piperazine rings is 1. The molecule has 0 radical (unpaired) electrons. The molecule has 0 saturated carbocycles. The van der Waals surface area contributed by atoms with E-state index in [2.05, 4.69) is 10.3 Å². The fraction of sp³-hybridized carbons (Fsp3) is 0.429. The molecule has 2 atom stereocenters. The molecule has 2 aromatic rings. The summed E-state index contributed by atoms with van der Waals surface area (Å²) in [7, 11) is 0. The average molecular weight is 424 g/mol. The number of halogens is 4. The first-order chi connectivity index (χ1) is 14.1. The number of nitrogens with one attached hydrogen (secondary N) is 1. The van der Waals surface area contributed by atoms with Crippen molar-refractivity contribution in [1.29, 1.82) is 0 Å². The fourth-order valence-corrected chi connectivity index (χ4v) is 3.41. The molecule has 3 rings (SSSR count). The summed E-state index contributed by atoms with van der Waals surface area (Å²) in [6.45, 7) is 5.95. The normalized spacial score (nSPS) is 17.5. The van der Waals surface area contributed by atoms with Crippen molar-refractivity contribution in [2.75, 3.05) is 31.1 Å². The number of amides is 1. The SMILES string of the molecule is C[C@H](NC(=O)[C@H](C)N1CCN(c2ccc(C(F)(F)F)cn2)CC1)c1ccc(F)cc1. The van der Waals surface area contributed by atoms with E-state index < -0.39 is 11.7 Å². The van der Waals surface area contributed by atoms with Crippen LogP contribution >= 0.6 is 0 Å². The Bertz CT molecular complexity index is 847. The van der Waals surface area contributed by atoms with Crippen molar-refractivity contribution < 1.29 is 22.4 Å². The summed E-state index contributed by atoms with van der Waals surface area (Å²) in [5.74, 6) is 0.0312. The first kappa shape index (κ1) is 22.0. The van der Waals surface area contributed by atoms with Gasteiger partial charge in [-0.3, -0.25) is 9.69 Å². The van der Waals surface area contributed by atoms with Gasteiger partial charge >= 0.3 is 6.18 Å². The Morgan fingerprint density at radius 2 is 1.67 bits per heavy atom. The number of aromatic nitrogens is 1. The topological polar surface area (TPSA) is 48.5 Å². The highest BCUT2D eigenvalue weighted by atomic mass is 19.4. The second kappa shape index (κ2) is 8.99. The highest BCUT2D eigenvalue weighted by Gasteiger charge is 2.31. The van der Waals surface area contributed by atoms with Gasteiger partial charge in [0.1, 0.15) is 11.6 Å². The van der Waals surface area contributed by atoms with E-state index in [0.717, 1.165) is 17.8 Å². The number of carbonyl (C=O) groups excluding carboxylic acids is 1. The molecule has 1 fully saturated rings. The van der Waals surface area contributed by atoms with Crippen LogP contribution in [-0.2, 0) is 11.0 Å². The molecule has 0 aliphatic carbocycles. The van der Waals surface area contributed by atoms with Crippen LogP contribution in [0.2, 0.25) is 0 Å². The van der Waals surface area contributed by atoms with Gasteiger partial charge in [-0.05, 0) is 43.7 Å². The zero-order valence-electron chi connectivity index (χ0n) is 16.8. The third-order valence-corrected chi connectivity index (χ3v) is 5.37. The molecule has 1 aromatic heterocycles. The summed E-state index contributed by atoms with van der Waals surface area (Å²) >= 11 is 0. The van der Waals surface area contributed by atoms with Crippen molar-refractivity contribution in [3.05, 3.63) is 59.5 Å². The Kier molecular flexibility index (Phi) is 6.60. The van der Waals surface area contributed by atoms with Gasteiger partial charge in [0.15, 0.2) is 0 Å². The summed E-state index contributed by atoms with van der Waals surface area (Å²) in [6.07, 6.45) is -3.56. The molecular weight excluding hydrogens is 400 g/mol. The third-order valence-electron chi connectivity index (χ3n) is 5.37. The van der Waals surface area contributed by atoms with E-state index in [-0.39, 0.29) is 23.8 Å². The first-order valence-corrected chi connectivity index (χ1v) is 9.73. The molecule has 1 aliphatic rings. The van der Waals surface area contributed by atoms with Crippen molar-refractivity contribution in [3.8, 4) is 0 Å². The third kappa shape index (κ3) is 5.27. The Hall–Kier alpha value is -2.68. The van der Waals surface area contributed by atoms with Gasteiger partial charge in [-0.25, -0.2) is 9.37 Å². The number of rotatable bonds is 5. The molecular formula is C21H24F4N4O. The second-order valence-corrected chi connectivity index (χ2v) is 7.38. The highest BCUT2D eigenvalue weighted by molar-refractivity contribution is 5.81. The maximum absolute atomic E-state index is 13.1. The zero-order valence-corrected chi connectivity index (χ0v) is 16.8. The van der Waals surface area contributed by atoms with Gasteiger partial charge in [-0.15, -0.1) is 0 Å². The van der Waals surface area contributed by atoms with Gasteiger partial charge in [0.25, 0.3) is 0 Å². The van der Waals surface area contributed by atoms with Crippen LogP contribution in [0.1, 0.15) is 31.0 Å². The van der Waals surface area contributed by atoms with Gasteiger partial charge in [-0.1, -0.05) is 12.1 Å². The van der Waals surface area contributed by atoms with Crippen molar-refractivity contribution in [2.24, 2.45) is 0 Å². The summed E-state index contributed by atoms with van der Waals surface area (Å²) in [4.78, 5) is 20.5. The predicted octanol–water partition coefficient (Wildman–Crippen LogP) is 3.63. The van der Waals surface area contributed by atoms with Crippen molar-refractivity contribution in [2.45, 2.75) is 32.1 Å². The van der Waals surface area contributed by atoms with Crippen LogP contribution in [0.5, 0.6) is 0 Å². The standard InChI is InChI=1S/C21H24F4N4O/c1-14(16-3-6-18(22)7-4-16)27-20(30)15(2)28-9-11-29(12-10-28)19-8-5-17(13-26-19)21(23,24)25/h3-8,13-15H,9-12H2,1-2H3,(H,27,30)/t14-,15-/m0/s1. The van der Waals surface area contributed by atoms with Crippen molar-refractivity contribution >= 4 is 11.7 Å². The number of alkyl halides is 3. The van der Waals surface area contributed by atoms with E-state index in [9.17, 15) is 22.4 Å². The first-order valence-electron chi connectivity index (χ1n) is 9.73. The van der Waals surface area contributed by atoms with Crippen LogP contribution in [0.25, 0.3) is 0 Å². The number of hydrogen-bond acceptors (Lipinski definition) is 4. The Morgan fingerprint density at radius 1 is 1.03 bits per heavy atom. The predicted molar refractivity (Wildman–Crippen MR) is 105 cm³/mol. The number of anilines is 1. The van der Waals surface area contributed by atoms with Crippen LogP contribution in [0.4, 0.5) is 23.4 Å². The lowest BCUT2D eigenvalue weighted by Crippen LogP contribution is -2.54. The smallest absolute Gasteiger partial charge is 0.354 e. The molecule has 30 heavy (non-hydrogen) atoms. The van der Waals surface area contributed by atoms with Gasteiger partial charge in [0.05, 0.1) is 17.6 Å². The van der Waals surface area contributed by atoms with Crippen LogP contribution in [0.3, 0.4) is 0 Å². The van der Waals surface area contributed by atoms with Crippen LogP contribution in [0.15, 0.2) is 42.6 Å². The quantitative estimate of drug-likeness (QED) is 0.745. The average Bonchev–Trinajstić information content (AvgIpc) is 2.73. The minimum atomic E-state index is -4.40. The highest BCUT2D eigenvalue weighted by Crippen LogP contribution is 2.29. The molecule has 162 valence electrons. The maximum atomic E-state index is 13.1. The number of hydrogen-bond donors (Lipinski definition) is 1. The lowest BCUT2D eigenvalue weighted by Gasteiger charge is -2.38. The molecule has 1 saturated heterocycles. The van der Waals surface area contributed by atoms with Gasteiger partial charge < -0.3 is 10.2 Å². The molecule has 0 unspecified atom stereocenters. The molecule has 0 bridgehead atoms. The fourth-order valence-electron chi connectivity index (χ4n) is 3.41. The number of nitrogens with zero attached hydrogens (tertiary/aromatic N) is 3. The molecule has 2 heterocycles. The van der Waals surface area contributed by atoms with E-state index in [4.69, 9.17) is 0 Å². The van der Waals surface area contributed by atoms with Crippen molar-refractivity contribution in [3.63, 3.8) is 0 Å². The largest absolute Gasteiger partial charge is 0.417 e. The Balaban J connectivity index is 1.52. The Morgan fingerprint density at radius 3 is 2.20 bits per heavy atom. The summed E-state index contributed by atoms with van der Waals surface area (Å²) < 4.78 is 51.1. The summed E-state index contributed by atoms with van der Waals surface area (Å²) in [5.41, 5.74) is 0.0422. The molecule has 9 heteroatoms. The van der Waals surface area contributed by atoms with Crippen LogP contribution < -0.4 is 10.2 Å². The molecule has 1 aromatic carbocycles. The lowest BCUT2D eigenvalue weighted by atomic mass is 10.1. The Labute approximate surface area is 172 Å². The maximum Gasteiger partial charge on any atom is 0.417 e. The minimum Gasteiger partial charge on any atom is -0.354 e. The van der Waals surface area contributed by atoms with E-state index >= 15 is 0 Å². The van der Waals surface area contributed by atoms with Crippen LogP contribution in [0, 0.1) is 5.82 Å². The van der Waals surface area contributed by atoms with E-state index in [0.29, 0.717) is 32.0 Å². The van der Waals surface area contributed by atoms with Gasteiger partial charge in [0, 0.05) is 32.4 Å². The van der Waals surface area contributed by atoms with Crippen molar-refractivity contribution in [1.82, 2.24) is 15.2 Å². The van der Waals surface area contributed by atoms with Gasteiger partial charge in [-0.2, -0.15) is 13.2 Å². The molecule has 1 N–H and O–H groups in total. The lowest BCUT2D eigenvalue weighted by molar-refractivity contribution is -0.137. The van der Waals surface area contributed by atoms with E-state index in [1.807, 2.05) is 23.6 Å².